The van der Waals surface area contributed by atoms with Crippen molar-refractivity contribution in [3.05, 3.63) is 0 Å². The van der Waals surface area contributed by atoms with Crippen LogP contribution in [0.1, 0.15) is 59.8 Å². The van der Waals surface area contributed by atoms with Crippen molar-refractivity contribution in [2.24, 2.45) is 11.3 Å². The molecule has 0 aromatic rings. The highest BCUT2D eigenvalue weighted by Crippen LogP contribution is 2.40. The average Bonchev–Trinajstić information content (AvgIpc) is 2.54. The minimum atomic E-state index is -1.22. The summed E-state index contributed by atoms with van der Waals surface area (Å²) in [5, 5.41) is 42.5. The van der Waals surface area contributed by atoms with Crippen LogP contribution >= 0.6 is 0 Å². The van der Waals surface area contributed by atoms with Gasteiger partial charge in [0.1, 0.15) is 12.2 Å². The van der Waals surface area contributed by atoms with Crippen LogP contribution in [0.15, 0.2) is 0 Å². The zero-order valence-corrected chi connectivity index (χ0v) is 14.3. The van der Waals surface area contributed by atoms with Crippen LogP contribution in [0.4, 0.5) is 0 Å². The molecule has 6 heteroatoms. The number of carboxylic acid groups (broad SMARTS) is 1. The van der Waals surface area contributed by atoms with E-state index < -0.39 is 36.8 Å². The Morgan fingerprint density at radius 1 is 0.955 bits per heavy atom. The molecule has 0 aliphatic carbocycles. The lowest BCUT2D eigenvalue weighted by atomic mass is 9.68. The quantitative estimate of drug-likeness (QED) is 0.415. The minimum Gasteiger partial charge on any atom is -0.481 e. The van der Waals surface area contributed by atoms with Gasteiger partial charge in [0.05, 0.1) is 18.6 Å². The third-order valence-electron chi connectivity index (χ3n) is 4.42. The van der Waals surface area contributed by atoms with Crippen LogP contribution in [0.3, 0.4) is 0 Å². The molecule has 0 bridgehead atoms. The van der Waals surface area contributed by atoms with Crippen molar-refractivity contribution in [1.82, 2.24) is 0 Å². The summed E-state index contributed by atoms with van der Waals surface area (Å²) in [4.78, 5) is 11.4. The van der Waals surface area contributed by atoms with Gasteiger partial charge >= 0.3 is 5.97 Å². The molecule has 134 valence electrons. The van der Waals surface area contributed by atoms with Gasteiger partial charge in [0, 0.05) is 0 Å². The third-order valence-corrected chi connectivity index (χ3v) is 4.42. The van der Waals surface area contributed by atoms with Crippen LogP contribution in [0.25, 0.3) is 0 Å². The molecule has 0 aliphatic heterocycles. The molecule has 3 atom stereocenters. The molecule has 0 fully saturated rings. The molecule has 0 saturated heterocycles. The summed E-state index contributed by atoms with van der Waals surface area (Å²) in [6.45, 7) is 7.17. The van der Waals surface area contributed by atoms with Crippen LogP contribution in [0.5, 0.6) is 0 Å². The van der Waals surface area contributed by atoms with Crippen molar-refractivity contribution in [1.29, 1.82) is 0 Å². The van der Waals surface area contributed by atoms with E-state index in [9.17, 15) is 9.90 Å². The van der Waals surface area contributed by atoms with Gasteiger partial charge in [-0.25, -0.2) is 0 Å². The Balaban J connectivity index is 0. The first-order valence-corrected chi connectivity index (χ1v) is 8.12. The summed E-state index contributed by atoms with van der Waals surface area (Å²) in [6.07, 6.45) is 2.13. The molecular formula is C16H34O6. The van der Waals surface area contributed by atoms with E-state index in [0.717, 1.165) is 32.1 Å². The zero-order chi connectivity index (χ0) is 17.8. The van der Waals surface area contributed by atoms with E-state index in [-0.39, 0.29) is 0 Å². The van der Waals surface area contributed by atoms with E-state index in [2.05, 4.69) is 13.8 Å². The number of aliphatic hydroxyl groups excluding tert-OH is 4. The summed E-state index contributed by atoms with van der Waals surface area (Å²) in [6, 6.07) is 0. The lowest BCUT2D eigenvalue weighted by Gasteiger charge is -2.35. The van der Waals surface area contributed by atoms with E-state index in [1.165, 1.54) is 0 Å². The largest absolute Gasteiger partial charge is 0.481 e. The fraction of sp³-hybridized carbons (Fsp3) is 0.938. The highest BCUT2D eigenvalue weighted by atomic mass is 16.4. The molecule has 6 nitrogen and oxygen atoms in total. The zero-order valence-electron chi connectivity index (χ0n) is 14.3. The number of aliphatic carboxylic acids is 1. The summed E-state index contributed by atoms with van der Waals surface area (Å²) in [7, 11) is 0. The summed E-state index contributed by atoms with van der Waals surface area (Å²) >= 11 is 0. The van der Waals surface area contributed by atoms with Crippen molar-refractivity contribution in [2.75, 3.05) is 13.2 Å². The van der Waals surface area contributed by atoms with Crippen LogP contribution < -0.4 is 0 Å². The van der Waals surface area contributed by atoms with E-state index in [0.29, 0.717) is 5.92 Å². The lowest BCUT2D eigenvalue weighted by Crippen LogP contribution is -2.37. The first-order valence-electron chi connectivity index (χ1n) is 8.12. The smallest absolute Gasteiger partial charge is 0.309 e. The molecule has 0 aromatic heterocycles. The summed E-state index contributed by atoms with van der Waals surface area (Å²) in [5.74, 6) is -0.275. The molecule has 0 radical (unpaired) electrons. The van der Waals surface area contributed by atoms with E-state index in [1.807, 2.05) is 13.8 Å². The average molecular weight is 322 g/mol. The normalized spacial score (nSPS) is 15.5. The first-order chi connectivity index (χ1) is 10.3. The number of carbonyl (C=O) groups is 1. The monoisotopic (exact) mass is 322 g/mol. The third kappa shape index (κ3) is 7.05. The lowest BCUT2D eigenvalue weighted by molar-refractivity contribution is -0.153. The Labute approximate surface area is 133 Å². The Morgan fingerprint density at radius 3 is 1.55 bits per heavy atom. The highest BCUT2D eigenvalue weighted by molar-refractivity contribution is 5.74. The molecule has 0 aliphatic rings. The molecule has 0 heterocycles. The fourth-order valence-electron chi connectivity index (χ4n) is 2.77. The molecule has 22 heavy (non-hydrogen) atoms. The van der Waals surface area contributed by atoms with Gasteiger partial charge in [-0.05, 0) is 25.2 Å². The van der Waals surface area contributed by atoms with Gasteiger partial charge in [-0.15, -0.1) is 0 Å². The first kappa shape index (κ1) is 23.6. The standard InChI is InChI=1S/C12H24O2.C4H10O4/c1-5-9-10(6-2)12(7-3,8-4)11(13)14;5-1-3(7)4(8)2-6/h10H,5-9H2,1-4H3,(H,13,14);3-8H,1-2H2. The van der Waals surface area contributed by atoms with Crippen molar-refractivity contribution >= 4 is 5.97 Å². The predicted octanol–water partition coefficient (Wildman–Crippen LogP) is 1.40. The van der Waals surface area contributed by atoms with Crippen LogP contribution in [-0.4, -0.2) is 56.9 Å². The van der Waals surface area contributed by atoms with Gasteiger partial charge in [-0.2, -0.15) is 0 Å². The van der Waals surface area contributed by atoms with Crippen molar-refractivity contribution in [2.45, 2.75) is 72.0 Å². The molecule has 3 unspecified atom stereocenters. The van der Waals surface area contributed by atoms with Crippen LogP contribution in [0.2, 0.25) is 0 Å². The van der Waals surface area contributed by atoms with Gasteiger partial charge in [0.2, 0.25) is 0 Å². The molecular weight excluding hydrogens is 288 g/mol. The second kappa shape index (κ2) is 12.8. The van der Waals surface area contributed by atoms with Gasteiger partial charge in [-0.3, -0.25) is 4.79 Å². The minimum absolute atomic E-state index is 0.333. The SMILES string of the molecule is CCCC(CC)C(CC)(CC)C(=O)O.OCC(O)C(O)CO. The van der Waals surface area contributed by atoms with E-state index in [4.69, 9.17) is 20.4 Å². The second-order valence-corrected chi connectivity index (χ2v) is 5.56. The second-order valence-electron chi connectivity index (χ2n) is 5.56. The molecule has 0 spiro atoms. The highest BCUT2D eigenvalue weighted by Gasteiger charge is 2.41. The summed E-state index contributed by atoms with van der Waals surface area (Å²) in [5.41, 5.74) is -0.481. The number of aliphatic hydroxyl groups is 4. The van der Waals surface area contributed by atoms with Crippen LogP contribution in [-0.2, 0) is 4.79 Å². The predicted molar refractivity (Wildman–Crippen MR) is 85.5 cm³/mol. The van der Waals surface area contributed by atoms with Crippen LogP contribution in [0, 0.1) is 11.3 Å². The van der Waals surface area contributed by atoms with Crippen molar-refractivity contribution in [3.8, 4) is 0 Å². The molecule has 0 rings (SSSR count). The van der Waals surface area contributed by atoms with Crippen molar-refractivity contribution < 1.29 is 30.3 Å². The number of rotatable bonds is 10. The number of hydrogen-bond acceptors (Lipinski definition) is 5. The Kier molecular flexibility index (Phi) is 13.7. The topological polar surface area (TPSA) is 118 Å². The molecule has 0 amide bonds. The maximum absolute atomic E-state index is 11.4. The van der Waals surface area contributed by atoms with E-state index in [1.54, 1.807) is 0 Å². The van der Waals surface area contributed by atoms with Crippen molar-refractivity contribution in [3.63, 3.8) is 0 Å². The summed E-state index contributed by atoms with van der Waals surface area (Å²) < 4.78 is 0. The Hall–Kier alpha value is -0.690. The van der Waals surface area contributed by atoms with Gasteiger partial charge in [0.15, 0.2) is 0 Å². The number of carboxylic acids is 1. The Morgan fingerprint density at radius 2 is 1.36 bits per heavy atom. The maximum atomic E-state index is 11.4. The molecule has 5 N–H and O–H groups in total. The number of hydrogen-bond donors (Lipinski definition) is 5. The maximum Gasteiger partial charge on any atom is 0.309 e. The fourth-order valence-corrected chi connectivity index (χ4v) is 2.77. The van der Waals surface area contributed by atoms with Gasteiger partial charge in [-0.1, -0.05) is 40.5 Å². The van der Waals surface area contributed by atoms with Gasteiger partial charge < -0.3 is 25.5 Å². The Bertz CT molecular complexity index is 270. The molecule has 0 saturated carbocycles. The molecule has 0 aromatic carbocycles. The van der Waals surface area contributed by atoms with Gasteiger partial charge in [0.25, 0.3) is 0 Å². The van der Waals surface area contributed by atoms with E-state index >= 15 is 0 Å².